The number of amides is 1. The number of hydrogen-bond donors (Lipinski definition) is 2. The molecule has 5 rings (SSSR count). The largest absolute Gasteiger partial charge is 0.490 e. The number of alkyl halides is 3. The average molecular weight is 595 g/mol. The van der Waals surface area contributed by atoms with Crippen LogP contribution in [0.1, 0.15) is 36.8 Å². The second-order valence-electron chi connectivity index (χ2n) is 10.1. The number of nitrogens with one attached hydrogen (secondary N) is 1. The van der Waals surface area contributed by atoms with Crippen molar-refractivity contribution in [3.05, 3.63) is 59.2 Å². The molecule has 212 valence electrons. The fourth-order valence-corrected chi connectivity index (χ4v) is 10.5. The molecule has 2 heterocycles. The second-order valence-corrected chi connectivity index (χ2v) is 14.3. The molecule has 0 bridgehead atoms. The van der Waals surface area contributed by atoms with E-state index >= 15 is 4.39 Å². The first kappa shape index (κ1) is 27.8. The Hall–Kier alpha value is -2.78. The van der Waals surface area contributed by atoms with Gasteiger partial charge in [0.2, 0.25) is 15.9 Å². The number of rotatable bonds is 4. The molecule has 0 spiro atoms. The summed E-state index contributed by atoms with van der Waals surface area (Å²) in [5, 5.41) is -1.31. The van der Waals surface area contributed by atoms with E-state index in [0.29, 0.717) is 12.1 Å². The number of primary amides is 1. The van der Waals surface area contributed by atoms with Crippen LogP contribution < -0.4 is 15.2 Å². The summed E-state index contributed by atoms with van der Waals surface area (Å²) in [6.45, 7) is -0.445. The van der Waals surface area contributed by atoms with Gasteiger partial charge in [0.25, 0.3) is 0 Å². The minimum atomic E-state index is -4.74. The topological polar surface area (TPSA) is 133 Å². The van der Waals surface area contributed by atoms with E-state index in [9.17, 15) is 39.2 Å². The van der Waals surface area contributed by atoms with Crippen molar-refractivity contribution in [2.24, 2.45) is 17.6 Å². The summed E-state index contributed by atoms with van der Waals surface area (Å²) >= 11 is 0. The summed E-state index contributed by atoms with van der Waals surface area (Å²) in [4.78, 5) is 11.0. The standard InChI is InChI=1S/C24H23F5N2O6S2/c25-17-5-6-18(26)22-21(17)23(38(33,34)13-3-1-12(2-4-13)24(27,28)29)8-7-19-15(16(23)11-37-22)9-14(10-20(30)32)39(35,36)31-19/h1-6,14-16,19,31H,7-11H2,(H2,30,32)/t14?,15-,16-,19+,23-/m0/s1. The number of hydrogen-bond acceptors (Lipinski definition) is 6. The molecule has 0 aromatic heterocycles. The number of carbonyl (C=O) groups is 1. The summed E-state index contributed by atoms with van der Waals surface area (Å²) < 4.78 is 130. The minimum absolute atomic E-state index is 0.112. The summed E-state index contributed by atoms with van der Waals surface area (Å²) in [5.74, 6) is -5.59. The molecular formula is C24H23F5N2O6S2. The van der Waals surface area contributed by atoms with Crippen LogP contribution >= 0.6 is 0 Å². The van der Waals surface area contributed by atoms with Crippen LogP contribution in [-0.2, 0) is 35.6 Å². The zero-order valence-electron chi connectivity index (χ0n) is 20.0. The maximum absolute atomic E-state index is 15.5. The van der Waals surface area contributed by atoms with E-state index < -0.39 is 106 Å². The molecule has 2 aliphatic heterocycles. The first-order valence-electron chi connectivity index (χ1n) is 11.9. The molecule has 3 aliphatic rings. The van der Waals surface area contributed by atoms with Gasteiger partial charge < -0.3 is 10.5 Å². The second kappa shape index (κ2) is 9.13. The SMILES string of the molecule is NC(=O)CC1C[C@@H]2[C@@H](CC[C@@]3(S(=O)(=O)c4ccc(C(F)(F)F)cc4)c4c(F)ccc(F)c4OC[C@@H]23)NS1(=O)=O. The molecule has 1 unspecified atom stereocenters. The predicted octanol–water partition coefficient (Wildman–Crippen LogP) is 3.01. The molecule has 1 saturated carbocycles. The fourth-order valence-electron chi connectivity index (χ4n) is 6.34. The molecular weight excluding hydrogens is 571 g/mol. The van der Waals surface area contributed by atoms with Crippen LogP contribution in [-0.4, -0.2) is 40.6 Å². The highest BCUT2D eigenvalue weighted by atomic mass is 32.2. The number of ether oxygens (including phenoxy) is 1. The normalized spacial score (nSPS) is 29.9. The lowest BCUT2D eigenvalue weighted by molar-refractivity contribution is -0.137. The quantitative estimate of drug-likeness (QED) is 0.523. The molecule has 8 nitrogen and oxygen atoms in total. The van der Waals surface area contributed by atoms with Gasteiger partial charge in [0, 0.05) is 18.4 Å². The lowest BCUT2D eigenvalue weighted by Crippen LogP contribution is -2.64. The summed E-state index contributed by atoms with van der Waals surface area (Å²) in [6, 6.07) is 3.42. The Morgan fingerprint density at radius 1 is 1.10 bits per heavy atom. The number of halogens is 5. The van der Waals surface area contributed by atoms with Crippen LogP contribution in [0.3, 0.4) is 0 Å². The highest BCUT2D eigenvalue weighted by molar-refractivity contribution is 7.92. The van der Waals surface area contributed by atoms with E-state index in [2.05, 4.69) is 4.72 Å². The smallest absolute Gasteiger partial charge is 0.416 e. The molecule has 3 N–H and O–H groups in total. The van der Waals surface area contributed by atoms with E-state index in [0.717, 1.165) is 24.3 Å². The van der Waals surface area contributed by atoms with E-state index in [1.165, 1.54) is 0 Å². The summed E-state index contributed by atoms with van der Waals surface area (Å²) in [6.07, 6.45) is -5.99. The van der Waals surface area contributed by atoms with Crippen LogP contribution in [0.2, 0.25) is 0 Å². The van der Waals surface area contributed by atoms with Gasteiger partial charge in [-0.05, 0) is 61.6 Å². The fraction of sp³-hybridized carbons (Fsp3) is 0.458. The van der Waals surface area contributed by atoms with Gasteiger partial charge in [-0.25, -0.2) is 30.3 Å². The number of fused-ring (bicyclic) bond motifs is 5. The Morgan fingerprint density at radius 2 is 1.74 bits per heavy atom. The molecule has 0 radical (unpaired) electrons. The number of carbonyl (C=O) groups excluding carboxylic acids is 1. The third-order valence-electron chi connectivity index (χ3n) is 8.04. The number of nitrogens with two attached hydrogens (primary N) is 1. The first-order chi connectivity index (χ1) is 18.1. The summed E-state index contributed by atoms with van der Waals surface area (Å²) in [5.41, 5.74) is 3.55. The van der Waals surface area contributed by atoms with Crippen molar-refractivity contribution in [2.75, 3.05) is 6.61 Å². The van der Waals surface area contributed by atoms with Crippen molar-refractivity contribution >= 4 is 25.8 Å². The Bertz CT molecular complexity index is 1550. The van der Waals surface area contributed by atoms with Gasteiger partial charge in [-0.3, -0.25) is 4.79 Å². The Labute approximate surface area is 220 Å². The van der Waals surface area contributed by atoms with Gasteiger partial charge in [0.05, 0.1) is 27.9 Å². The number of sulfonamides is 1. The lowest BCUT2D eigenvalue weighted by atomic mass is 9.64. The van der Waals surface area contributed by atoms with E-state index in [1.807, 2.05) is 0 Å². The molecule has 2 fully saturated rings. The maximum atomic E-state index is 15.5. The third-order valence-corrected chi connectivity index (χ3v) is 12.5. The Balaban J connectivity index is 1.70. The molecule has 15 heteroatoms. The van der Waals surface area contributed by atoms with Crippen LogP contribution in [0.15, 0.2) is 41.3 Å². The van der Waals surface area contributed by atoms with Crippen molar-refractivity contribution in [1.29, 1.82) is 0 Å². The van der Waals surface area contributed by atoms with Gasteiger partial charge >= 0.3 is 6.18 Å². The minimum Gasteiger partial charge on any atom is -0.490 e. The highest BCUT2D eigenvalue weighted by Crippen LogP contribution is 2.59. The highest BCUT2D eigenvalue weighted by Gasteiger charge is 2.64. The molecule has 1 saturated heterocycles. The van der Waals surface area contributed by atoms with Crippen LogP contribution in [0.25, 0.3) is 0 Å². The van der Waals surface area contributed by atoms with Crippen molar-refractivity contribution in [3.63, 3.8) is 0 Å². The van der Waals surface area contributed by atoms with Gasteiger partial charge in [-0.2, -0.15) is 13.2 Å². The number of benzene rings is 2. The van der Waals surface area contributed by atoms with E-state index in [1.54, 1.807) is 0 Å². The van der Waals surface area contributed by atoms with E-state index in [4.69, 9.17) is 10.5 Å². The molecule has 1 aliphatic carbocycles. The van der Waals surface area contributed by atoms with Crippen molar-refractivity contribution in [2.45, 2.75) is 52.8 Å². The average Bonchev–Trinajstić information content (AvgIpc) is 2.85. The van der Waals surface area contributed by atoms with Gasteiger partial charge in [0.15, 0.2) is 21.4 Å². The van der Waals surface area contributed by atoms with Crippen LogP contribution in [0.4, 0.5) is 22.0 Å². The van der Waals surface area contributed by atoms with Crippen molar-refractivity contribution in [1.82, 2.24) is 4.72 Å². The van der Waals surface area contributed by atoms with E-state index in [-0.39, 0.29) is 19.3 Å². The third kappa shape index (κ3) is 4.29. The van der Waals surface area contributed by atoms with Crippen molar-refractivity contribution in [3.8, 4) is 5.75 Å². The molecule has 2 aromatic rings. The first-order valence-corrected chi connectivity index (χ1v) is 14.9. The van der Waals surface area contributed by atoms with Gasteiger partial charge in [-0.1, -0.05) is 0 Å². The molecule has 2 aromatic carbocycles. The van der Waals surface area contributed by atoms with Crippen molar-refractivity contribution < 1.29 is 48.3 Å². The van der Waals surface area contributed by atoms with Gasteiger partial charge in [0.1, 0.15) is 10.6 Å². The van der Waals surface area contributed by atoms with Crippen LogP contribution in [0.5, 0.6) is 5.75 Å². The Kier molecular flexibility index (Phi) is 6.50. The lowest BCUT2D eigenvalue weighted by Gasteiger charge is -2.54. The summed E-state index contributed by atoms with van der Waals surface area (Å²) in [7, 11) is -8.75. The zero-order chi connectivity index (χ0) is 28.5. The predicted molar refractivity (Wildman–Crippen MR) is 126 cm³/mol. The van der Waals surface area contributed by atoms with Crippen LogP contribution in [0, 0.1) is 23.5 Å². The number of sulfone groups is 1. The molecule has 39 heavy (non-hydrogen) atoms. The Morgan fingerprint density at radius 3 is 2.36 bits per heavy atom. The monoisotopic (exact) mass is 594 g/mol. The molecule has 1 amide bonds. The molecule has 5 atom stereocenters. The maximum Gasteiger partial charge on any atom is 0.416 e. The zero-order valence-corrected chi connectivity index (χ0v) is 21.7. The van der Waals surface area contributed by atoms with Gasteiger partial charge in [-0.15, -0.1) is 0 Å².